The van der Waals surface area contributed by atoms with Crippen molar-refractivity contribution in [2.45, 2.75) is 75.4 Å². The summed E-state index contributed by atoms with van der Waals surface area (Å²) in [5, 5.41) is 22.1. The van der Waals surface area contributed by atoms with Crippen molar-refractivity contribution in [1.82, 2.24) is 10.3 Å². The maximum absolute atomic E-state index is 12.6. The van der Waals surface area contributed by atoms with Gasteiger partial charge in [-0.2, -0.15) is 0 Å². The number of benzene rings is 5. The molecule has 292 valence electrons. The number of ether oxygens (including phenoxy) is 2. The van der Waals surface area contributed by atoms with Crippen molar-refractivity contribution < 1.29 is 33.7 Å². The molecule has 10 heteroatoms. The van der Waals surface area contributed by atoms with Crippen molar-refractivity contribution in [2.24, 2.45) is 0 Å². The number of nitrogens with one attached hydrogen (secondary N) is 1. The van der Waals surface area contributed by atoms with Crippen LogP contribution in [0.25, 0.3) is 33.7 Å². The molecule has 1 aliphatic heterocycles. The van der Waals surface area contributed by atoms with Crippen LogP contribution in [-0.2, 0) is 32.2 Å². The summed E-state index contributed by atoms with van der Waals surface area (Å²) in [6.07, 6.45) is 2.00. The zero-order valence-corrected chi connectivity index (χ0v) is 32.4. The molecule has 1 amide bonds. The number of aliphatic hydroxyl groups is 1. The third kappa shape index (κ3) is 10.7. The molecule has 9 nitrogen and oxygen atoms in total. The molecule has 7 rings (SSSR count). The van der Waals surface area contributed by atoms with Gasteiger partial charge in [0.15, 0.2) is 12.1 Å². The van der Waals surface area contributed by atoms with Crippen molar-refractivity contribution in [3.05, 3.63) is 156 Å². The molecule has 1 aliphatic rings. The first-order valence-corrected chi connectivity index (χ1v) is 20.3. The minimum Gasteiger partial charge on any atom is -0.481 e. The number of hydrogen-bond donors (Lipinski definition) is 3. The van der Waals surface area contributed by atoms with Gasteiger partial charge in [0.2, 0.25) is 5.91 Å². The summed E-state index contributed by atoms with van der Waals surface area (Å²) in [6, 6.07) is 44.1. The Kier molecular flexibility index (Phi) is 13.6. The van der Waals surface area contributed by atoms with E-state index in [9.17, 15) is 14.7 Å². The number of aromatic nitrogens is 1. The Morgan fingerprint density at radius 1 is 0.719 bits per heavy atom. The van der Waals surface area contributed by atoms with E-state index < -0.39 is 12.3 Å². The van der Waals surface area contributed by atoms with Crippen molar-refractivity contribution in [1.29, 1.82) is 0 Å². The summed E-state index contributed by atoms with van der Waals surface area (Å²) in [5.41, 5.74) is 8.49. The van der Waals surface area contributed by atoms with Gasteiger partial charge >= 0.3 is 5.97 Å². The van der Waals surface area contributed by atoms with Gasteiger partial charge in [0.1, 0.15) is 5.69 Å². The fourth-order valence-electron chi connectivity index (χ4n) is 6.92. The summed E-state index contributed by atoms with van der Waals surface area (Å²) in [4.78, 5) is 28.3. The second-order valence-electron chi connectivity index (χ2n) is 14.1. The summed E-state index contributed by atoms with van der Waals surface area (Å²) < 4.78 is 19.7. The molecule has 1 saturated heterocycles. The molecule has 0 spiro atoms. The van der Waals surface area contributed by atoms with Crippen LogP contribution in [0.1, 0.15) is 73.2 Å². The highest BCUT2D eigenvalue weighted by atomic mass is 32.2. The van der Waals surface area contributed by atoms with Crippen molar-refractivity contribution >= 4 is 23.6 Å². The monoisotopic (exact) mass is 782 g/mol. The summed E-state index contributed by atoms with van der Waals surface area (Å²) in [7, 11) is 0. The SMILES string of the molecule is O=C(O)CCCCCC(=O)NCc1ccccc1-c1ccc(C2OC(CSc3nc(-c4ccccc4)c(-c4ccccc4)o3)CC(c3ccc(CO)cc3)O2)cc1. The fourth-order valence-corrected chi connectivity index (χ4v) is 7.76. The van der Waals surface area contributed by atoms with Crippen LogP contribution < -0.4 is 5.32 Å². The largest absolute Gasteiger partial charge is 0.481 e. The third-order valence-corrected chi connectivity index (χ3v) is 10.9. The van der Waals surface area contributed by atoms with Crippen LogP contribution in [0, 0.1) is 0 Å². The number of carbonyl (C=O) groups excluding carboxylic acids is 1. The van der Waals surface area contributed by atoms with Gasteiger partial charge in [-0.05, 0) is 40.7 Å². The number of oxazole rings is 1. The van der Waals surface area contributed by atoms with E-state index in [-0.39, 0.29) is 31.1 Å². The maximum Gasteiger partial charge on any atom is 0.303 e. The number of unbranched alkanes of at least 4 members (excludes halogenated alkanes) is 2. The molecular weight excluding hydrogens is 737 g/mol. The number of carbonyl (C=O) groups is 2. The predicted molar refractivity (Wildman–Crippen MR) is 221 cm³/mol. The third-order valence-electron chi connectivity index (χ3n) is 9.98. The molecule has 5 aromatic carbocycles. The minimum absolute atomic E-state index is 0.0269. The summed E-state index contributed by atoms with van der Waals surface area (Å²) in [5.74, 6) is 0.459. The van der Waals surface area contributed by atoms with E-state index in [0.29, 0.717) is 49.6 Å². The van der Waals surface area contributed by atoms with Crippen molar-refractivity contribution in [3.8, 4) is 33.7 Å². The van der Waals surface area contributed by atoms with Gasteiger partial charge in [-0.3, -0.25) is 9.59 Å². The first kappa shape index (κ1) is 39.7. The summed E-state index contributed by atoms with van der Waals surface area (Å²) >= 11 is 1.52. The molecule has 3 unspecified atom stereocenters. The van der Waals surface area contributed by atoms with Gasteiger partial charge in [0, 0.05) is 48.3 Å². The lowest BCUT2D eigenvalue weighted by molar-refractivity contribution is -0.245. The lowest BCUT2D eigenvalue weighted by Gasteiger charge is -2.36. The molecule has 1 aromatic heterocycles. The van der Waals surface area contributed by atoms with Gasteiger partial charge in [-0.25, -0.2) is 4.98 Å². The van der Waals surface area contributed by atoms with E-state index in [0.717, 1.165) is 56.0 Å². The molecule has 1 fully saturated rings. The minimum atomic E-state index is -0.810. The van der Waals surface area contributed by atoms with E-state index in [4.69, 9.17) is 24.0 Å². The van der Waals surface area contributed by atoms with Crippen LogP contribution in [0.2, 0.25) is 0 Å². The molecular formula is C47H46N2O7S. The molecule has 57 heavy (non-hydrogen) atoms. The fraction of sp³-hybridized carbons (Fsp3) is 0.255. The second-order valence-corrected chi connectivity index (χ2v) is 15.0. The Balaban J connectivity index is 1.06. The van der Waals surface area contributed by atoms with Gasteiger partial charge < -0.3 is 29.4 Å². The van der Waals surface area contributed by atoms with Crippen LogP contribution in [0.3, 0.4) is 0 Å². The number of thioether (sulfide) groups is 1. The number of amides is 1. The molecule has 3 N–H and O–H groups in total. The van der Waals surface area contributed by atoms with Gasteiger partial charge in [-0.15, -0.1) is 0 Å². The zero-order valence-electron chi connectivity index (χ0n) is 31.6. The Bertz CT molecular complexity index is 2150. The molecule has 0 saturated carbocycles. The van der Waals surface area contributed by atoms with Crippen LogP contribution in [0.5, 0.6) is 0 Å². The quantitative estimate of drug-likeness (QED) is 0.0611. The van der Waals surface area contributed by atoms with E-state index in [1.54, 1.807) is 0 Å². The smallest absolute Gasteiger partial charge is 0.303 e. The number of carboxylic acids is 1. The lowest BCUT2D eigenvalue weighted by Crippen LogP contribution is -2.31. The highest BCUT2D eigenvalue weighted by Crippen LogP contribution is 2.41. The first-order valence-electron chi connectivity index (χ1n) is 19.4. The van der Waals surface area contributed by atoms with Gasteiger partial charge in [-0.1, -0.05) is 152 Å². The van der Waals surface area contributed by atoms with Crippen molar-refractivity contribution in [3.63, 3.8) is 0 Å². The molecule has 3 atom stereocenters. The highest BCUT2D eigenvalue weighted by molar-refractivity contribution is 7.99. The molecule has 0 aliphatic carbocycles. The van der Waals surface area contributed by atoms with Crippen LogP contribution >= 0.6 is 11.8 Å². The second kappa shape index (κ2) is 19.6. The first-order chi connectivity index (χ1) is 27.9. The van der Waals surface area contributed by atoms with Crippen LogP contribution in [0.4, 0.5) is 0 Å². The Labute approximate surface area is 337 Å². The Morgan fingerprint density at radius 2 is 1.39 bits per heavy atom. The molecule has 2 heterocycles. The number of carboxylic acid groups (broad SMARTS) is 1. The number of hydrogen-bond acceptors (Lipinski definition) is 8. The van der Waals surface area contributed by atoms with Crippen LogP contribution in [-0.4, -0.2) is 38.9 Å². The average molecular weight is 783 g/mol. The summed E-state index contributed by atoms with van der Waals surface area (Å²) in [6.45, 7) is 0.363. The molecule has 0 radical (unpaired) electrons. The van der Waals surface area contributed by atoms with E-state index >= 15 is 0 Å². The maximum atomic E-state index is 12.6. The van der Waals surface area contributed by atoms with E-state index in [1.165, 1.54) is 11.8 Å². The van der Waals surface area contributed by atoms with E-state index in [1.807, 2.05) is 121 Å². The number of nitrogens with zero attached hydrogens (tertiary/aromatic N) is 1. The molecule has 6 aromatic rings. The van der Waals surface area contributed by atoms with Gasteiger partial charge in [0.05, 0.1) is 18.8 Å². The highest BCUT2D eigenvalue weighted by Gasteiger charge is 2.33. The Morgan fingerprint density at radius 3 is 2.11 bits per heavy atom. The Hall–Kier alpha value is -5.52. The predicted octanol–water partition coefficient (Wildman–Crippen LogP) is 10.2. The van der Waals surface area contributed by atoms with Crippen molar-refractivity contribution in [2.75, 3.05) is 5.75 Å². The van der Waals surface area contributed by atoms with Gasteiger partial charge in [0.25, 0.3) is 5.22 Å². The topological polar surface area (TPSA) is 131 Å². The van der Waals surface area contributed by atoms with E-state index in [2.05, 4.69) is 17.4 Å². The normalized spacial score (nSPS) is 16.6. The standard InChI is InChI=1S/C47H46N2O7S/c50-30-32-20-22-34(23-21-32)41-28-39(31-57-47-49-44(35-12-4-1-5-13-35)45(56-47)36-14-6-2-7-15-36)54-46(55-41)37-26-24-33(25-27-37)40-17-11-10-16-38(40)29-48-42(51)18-8-3-9-19-43(52)53/h1-2,4-7,10-17,20-27,39,41,46,50H,3,8-9,18-19,28-31H2,(H,48,51)(H,52,53). The lowest BCUT2D eigenvalue weighted by atomic mass is 9.97. The molecule has 0 bridgehead atoms. The number of rotatable bonds is 17. The number of aliphatic hydroxyl groups excluding tert-OH is 1. The average Bonchev–Trinajstić information content (AvgIpc) is 3.70. The van der Waals surface area contributed by atoms with Crippen LogP contribution in [0.15, 0.2) is 143 Å². The zero-order chi connectivity index (χ0) is 39.4. The number of aliphatic carboxylic acids is 1.